The first-order chi connectivity index (χ1) is 8.83. The third kappa shape index (κ3) is 2.31. The lowest BCUT2D eigenvalue weighted by Crippen LogP contribution is -2.13. The average molecular weight is 245 g/mol. The predicted octanol–water partition coefficient (Wildman–Crippen LogP) is 1.45. The third-order valence-corrected chi connectivity index (χ3v) is 3.56. The van der Waals surface area contributed by atoms with Crippen LogP contribution in [-0.4, -0.2) is 34.2 Å². The van der Waals surface area contributed by atoms with Crippen molar-refractivity contribution < 1.29 is 0 Å². The van der Waals surface area contributed by atoms with Gasteiger partial charge in [0.25, 0.3) is 0 Å². The lowest BCUT2D eigenvalue weighted by Gasteiger charge is -2.07. The Morgan fingerprint density at radius 1 is 1.56 bits per heavy atom. The minimum atomic E-state index is 0.732. The van der Waals surface area contributed by atoms with Crippen LogP contribution in [0, 0.1) is 12.8 Å². The van der Waals surface area contributed by atoms with Gasteiger partial charge in [-0.15, -0.1) is 5.10 Å². The summed E-state index contributed by atoms with van der Waals surface area (Å²) in [5.74, 6) is 1.53. The van der Waals surface area contributed by atoms with Crippen molar-refractivity contribution in [2.75, 3.05) is 25.0 Å². The van der Waals surface area contributed by atoms with Gasteiger partial charge in [-0.25, -0.2) is 4.52 Å². The highest BCUT2D eigenvalue weighted by atomic mass is 15.3. The molecule has 1 unspecified atom stereocenters. The van der Waals surface area contributed by atoms with Gasteiger partial charge in [0.1, 0.15) is 0 Å². The molecule has 2 N–H and O–H groups in total. The summed E-state index contributed by atoms with van der Waals surface area (Å²) in [7, 11) is 0. The summed E-state index contributed by atoms with van der Waals surface area (Å²) in [5.41, 5.74) is 2.08. The van der Waals surface area contributed by atoms with Gasteiger partial charge in [-0.2, -0.15) is 4.98 Å². The number of nitrogens with one attached hydrogen (secondary N) is 2. The molecule has 0 amide bonds. The Kier molecular flexibility index (Phi) is 3.15. The molecule has 18 heavy (non-hydrogen) atoms. The maximum absolute atomic E-state index is 4.50. The monoisotopic (exact) mass is 245 g/mol. The van der Waals surface area contributed by atoms with Crippen LogP contribution >= 0.6 is 0 Å². The zero-order chi connectivity index (χ0) is 12.4. The molecule has 1 atom stereocenters. The Hall–Kier alpha value is -1.62. The predicted molar refractivity (Wildman–Crippen MR) is 71.8 cm³/mol. The van der Waals surface area contributed by atoms with Gasteiger partial charge in [0, 0.05) is 12.7 Å². The zero-order valence-electron chi connectivity index (χ0n) is 10.7. The van der Waals surface area contributed by atoms with Crippen molar-refractivity contribution in [1.29, 1.82) is 0 Å². The summed E-state index contributed by atoms with van der Waals surface area (Å²) in [5, 5.41) is 11.1. The van der Waals surface area contributed by atoms with Crippen molar-refractivity contribution in [3.63, 3.8) is 0 Å². The summed E-state index contributed by atoms with van der Waals surface area (Å²) < 4.78 is 1.83. The molecule has 1 aliphatic heterocycles. The summed E-state index contributed by atoms with van der Waals surface area (Å²) in [6, 6.07) is 4.04. The van der Waals surface area contributed by atoms with E-state index in [4.69, 9.17) is 0 Å². The van der Waals surface area contributed by atoms with Crippen LogP contribution in [0.2, 0.25) is 0 Å². The zero-order valence-corrected chi connectivity index (χ0v) is 10.7. The second-order valence-electron chi connectivity index (χ2n) is 4.97. The molecule has 2 aromatic heterocycles. The van der Waals surface area contributed by atoms with E-state index < -0.39 is 0 Å². The van der Waals surface area contributed by atoms with Crippen LogP contribution < -0.4 is 10.6 Å². The molecule has 0 aromatic carbocycles. The first-order valence-electron chi connectivity index (χ1n) is 6.59. The standard InChI is InChI=1S/C13H19N5/c1-10-3-2-8-18-12(10)16-13(17-18)15-7-5-11-4-6-14-9-11/h2-3,8,11,14H,4-7,9H2,1H3,(H,15,17). The maximum Gasteiger partial charge on any atom is 0.243 e. The molecule has 2 aromatic rings. The Labute approximate surface area is 107 Å². The van der Waals surface area contributed by atoms with Crippen LogP contribution in [0.25, 0.3) is 5.65 Å². The lowest BCUT2D eigenvalue weighted by atomic mass is 10.1. The molecular formula is C13H19N5. The van der Waals surface area contributed by atoms with Gasteiger partial charge < -0.3 is 10.6 Å². The van der Waals surface area contributed by atoms with Gasteiger partial charge in [0.05, 0.1) is 0 Å². The van der Waals surface area contributed by atoms with E-state index >= 15 is 0 Å². The number of pyridine rings is 1. The van der Waals surface area contributed by atoms with Crippen molar-refractivity contribution >= 4 is 11.6 Å². The third-order valence-electron chi connectivity index (χ3n) is 3.56. The Bertz CT molecular complexity index is 527. The van der Waals surface area contributed by atoms with E-state index in [1.807, 2.05) is 16.8 Å². The second-order valence-corrected chi connectivity index (χ2v) is 4.97. The van der Waals surface area contributed by atoms with E-state index in [2.05, 4.69) is 33.7 Å². The summed E-state index contributed by atoms with van der Waals surface area (Å²) >= 11 is 0. The van der Waals surface area contributed by atoms with Crippen LogP contribution in [0.15, 0.2) is 18.3 Å². The Morgan fingerprint density at radius 2 is 2.50 bits per heavy atom. The largest absolute Gasteiger partial charge is 0.353 e. The summed E-state index contributed by atoms with van der Waals surface area (Å²) in [6.45, 7) is 5.32. The first-order valence-corrected chi connectivity index (χ1v) is 6.59. The molecule has 3 heterocycles. The van der Waals surface area contributed by atoms with Gasteiger partial charge in [0.2, 0.25) is 5.95 Å². The highest BCUT2D eigenvalue weighted by molar-refractivity contribution is 5.49. The molecule has 5 heteroatoms. The first kappa shape index (κ1) is 11.5. The summed E-state index contributed by atoms with van der Waals surface area (Å²) in [6.07, 6.45) is 4.41. The Balaban J connectivity index is 1.62. The number of rotatable bonds is 4. The van der Waals surface area contributed by atoms with Gasteiger partial charge in [-0.05, 0) is 50.4 Å². The van der Waals surface area contributed by atoms with Gasteiger partial charge >= 0.3 is 0 Å². The van der Waals surface area contributed by atoms with E-state index in [9.17, 15) is 0 Å². The fourth-order valence-electron chi connectivity index (χ4n) is 2.46. The minimum absolute atomic E-state index is 0.732. The van der Waals surface area contributed by atoms with Crippen molar-refractivity contribution in [1.82, 2.24) is 19.9 Å². The molecule has 0 saturated carbocycles. The fraction of sp³-hybridized carbons (Fsp3) is 0.538. The second kappa shape index (κ2) is 4.94. The van der Waals surface area contributed by atoms with Crippen LogP contribution in [0.5, 0.6) is 0 Å². The van der Waals surface area contributed by atoms with E-state index in [-0.39, 0.29) is 0 Å². The quantitative estimate of drug-likeness (QED) is 0.856. The van der Waals surface area contributed by atoms with E-state index in [1.54, 1.807) is 0 Å². The van der Waals surface area contributed by atoms with E-state index in [0.717, 1.165) is 42.7 Å². The number of nitrogens with zero attached hydrogens (tertiary/aromatic N) is 3. The average Bonchev–Trinajstić information content (AvgIpc) is 2.98. The molecular weight excluding hydrogens is 226 g/mol. The highest BCUT2D eigenvalue weighted by Crippen LogP contribution is 2.13. The molecule has 3 rings (SSSR count). The molecule has 0 spiro atoms. The number of hydrogen-bond acceptors (Lipinski definition) is 4. The molecule has 1 saturated heterocycles. The molecule has 0 radical (unpaired) electrons. The van der Waals surface area contributed by atoms with Crippen molar-refractivity contribution in [3.05, 3.63) is 23.9 Å². The van der Waals surface area contributed by atoms with Crippen molar-refractivity contribution in [3.8, 4) is 0 Å². The topological polar surface area (TPSA) is 54.2 Å². The van der Waals surface area contributed by atoms with Gasteiger partial charge in [-0.1, -0.05) is 6.07 Å². The molecule has 1 fully saturated rings. The number of hydrogen-bond donors (Lipinski definition) is 2. The lowest BCUT2D eigenvalue weighted by molar-refractivity contribution is 0.548. The van der Waals surface area contributed by atoms with Crippen LogP contribution in [0.4, 0.5) is 5.95 Å². The number of aryl methyl sites for hydroxylation is 1. The van der Waals surface area contributed by atoms with Crippen LogP contribution in [-0.2, 0) is 0 Å². The van der Waals surface area contributed by atoms with Crippen molar-refractivity contribution in [2.45, 2.75) is 19.8 Å². The van der Waals surface area contributed by atoms with Gasteiger partial charge in [0.15, 0.2) is 5.65 Å². The minimum Gasteiger partial charge on any atom is -0.353 e. The SMILES string of the molecule is Cc1cccn2nc(NCCC3CCNC3)nc12. The highest BCUT2D eigenvalue weighted by Gasteiger charge is 2.14. The number of anilines is 1. The van der Waals surface area contributed by atoms with Gasteiger partial charge in [-0.3, -0.25) is 0 Å². The molecule has 5 nitrogen and oxygen atoms in total. The van der Waals surface area contributed by atoms with E-state index in [0.29, 0.717) is 0 Å². The normalized spacial score (nSPS) is 19.5. The number of aromatic nitrogens is 3. The number of fused-ring (bicyclic) bond motifs is 1. The molecule has 0 bridgehead atoms. The molecule has 1 aliphatic rings. The Morgan fingerprint density at radius 3 is 3.28 bits per heavy atom. The summed E-state index contributed by atoms with van der Waals surface area (Å²) in [4.78, 5) is 4.50. The van der Waals surface area contributed by atoms with E-state index in [1.165, 1.54) is 12.8 Å². The molecule has 96 valence electrons. The van der Waals surface area contributed by atoms with Crippen molar-refractivity contribution in [2.24, 2.45) is 5.92 Å². The van der Waals surface area contributed by atoms with Crippen LogP contribution in [0.1, 0.15) is 18.4 Å². The maximum atomic E-state index is 4.50. The van der Waals surface area contributed by atoms with Crippen LogP contribution in [0.3, 0.4) is 0 Å². The molecule has 0 aliphatic carbocycles. The smallest absolute Gasteiger partial charge is 0.243 e. The fourth-order valence-corrected chi connectivity index (χ4v) is 2.46.